The van der Waals surface area contributed by atoms with Crippen LogP contribution in [0.4, 0.5) is 22.0 Å². The molecule has 0 saturated heterocycles. The molecule has 0 amide bonds. The Morgan fingerprint density at radius 2 is 1.65 bits per heavy atom. The first-order chi connectivity index (χ1) is 11.7. The standard InChI is InChI=1S/C18H18F5NO2/c1-9-8-13(17(5,19)20)6-7-14(9)15(16(26)11(3)25)10(2)24-12(4)18(21,22)23/h6-8,15H,4H2,1-3,5H3. The molecule has 0 aliphatic rings. The summed E-state index contributed by atoms with van der Waals surface area (Å²) in [7, 11) is 0. The van der Waals surface area contributed by atoms with Gasteiger partial charge in [0.2, 0.25) is 5.78 Å². The van der Waals surface area contributed by atoms with Gasteiger partial charge in [0, 0.05) is 25.1 Å². The molecule has 0 aliphatic heterocycles. The predicted octanol–water partition coefficient (Wildman–Crippen LogP) is 4.89. The summed E-state index contributed by atoms with van der Waals surface area (Å²) in [6.07, 6.45) is -4.80. The average Bonchev–Trinajstić information content (AvgIpc) is 2.46. The van der Waals surface area contributed by atoms with Gasteiger partial charge in [-0.1, -0.05) is 18.7 Å². The van der Waals surface area contributed by atoms with Gasteiger partial charge in [-0.3, -0.25) is 14.6 Å². The highest BCUT2D eigenvalue weighted by molar-refractivity contribution is 6.42. The molecule has 0 aliphatic carbocycles. The third kappa shape index (κ3) is 5.06. The van der Waals surface area contributed by atoms with E-state index in [0.29, 0.717) is 6.92 Å². The first kappa shape index (κ1) is 21.7. The molecule has 1 unspecified atom stereocenters. The van der Waals surface area contributed by atoms with Crippen molar-refractivity contribution in [3.63, 3.8) is 0 Å². The third-order valence-electron chi connectivity index (χ3n) is 3.75. The molecular formula is C18H18F5NO2. The van der Waals surface area contributed by atoms with Crippen molar-refractivity contribution in [2.75, 3.05) is 0 Å². The zero-order chi connectivity index (χ0) is 20.4. The average molecular weight is 375 g/mol. The maximum atomic E-state index is 13.4. The molecular weight excluding hydrogens is 357 g/mol. The first-order valence-corrected chi connectivity index (χ1v) is 7.51. The molecule has 26 heavy (non-hydrogen) atoms. The van der Waals surface area contributed by atoms with Crippen molar-refractivity contribution < 1.29 is 31.5 Å². The molecule has 0 bridgehead atoms. The van der Waals surface area contributed by atoms with Crippen molar-refractivity contribution in [3.8, 4) is 0 Å². The molecule has 0 radical (unpaired) electrons. The zero-order valence-electron chi connectivity index (χ0n) is 14.7. The molecule has 0 fully saturated rings. The number of alkyl halides is 5. The van der Waals surface area contributed by atoms with Gasteiger partial charge >= 0.3 is 6.18 Å². The normalized spacial score (nSPS) is 14.1. The Morgan fingerprint density at radius 3 is 2.04 bits per heavy atom. The van der Waals surface area contributed by atoms with Crippen LogP contribution in [-0.2, 0) is 15.5 Å². The Hall–Kier alpha value is -2.38. The van der Waals surface area contributed by atoms with Gasteiger partial charge in [0.1, 0.15) is 5.70 Å². The number of carbonyl (C=O) groups is 2. The van der Waals surface area contributed by atoms with E-state index in [2.05, 4.69) is 11.6 Å². The van der Waals surface area contributed by atoms with E-state index < -0.39 is 35.3 Å². The van der Waals surface area contributed by atoms with E-state index in [4.69, 9.17) is 0 Å². The van der Waals surface area contributed by atoms with Crippen LogP contribution >= 0.6 is 0 Å². The number of hydrogen-bond donors (Lipinski definition) is 0. The molecule has 0 aromatic heterocycles. The van der Waals surface area contributed by atoms with Crippen LogP contribution in [0.25, 0.3) is 0 Å². The molecule has 1 aromatic carbocycles. The minimum absolute atomic E-state index is 0.134. The Labute approximate surface area is 147 Å². The van der Waals surface area contributed by atoms with Crippen LogP contribution in [0.15, 0.2) is 35.5 Å². The maximum Gasteiger partial charge on any atom is 0.432 e. The maximum absolute atomic E-state index is 13.4. The Morgan fingerprint density at radius 1 is 1.12 bits per heavy atom. The van der Waals surface area contributed by atoms with E-state index in [-0.39, 0.29) is 22.4 Å². The van der Waals surface area contributed by atoms with Crippen LogP contribution < -0.4 is 0 Å². The zero-order valence-corrected chi connectivity index (χ0v) is 14.7. The van der Waals surface area contributed by atoms with Gasteiger partial charge in [-0.15, -0.1) is 0 Å². The Bertz CT molecular complexity index is 773. The fourth-order valence-corrected chi connectivity index (χ4v) is 2.37. The van der Waals surface area contributed by atoms with E-state index in [1.807, 2.05) is 0 Å². The largest absolute Gasteiger partial charge is 0.432 e. The van der Waals surface area contributed by atoms with Crippen LogP contribution in [0.2, 0.25) is 0 Å². The van der Waals surface area contributed by atoms with E-state index in [9.17, 15) is 31.5 Å². The highest BCUT2D eigenvalue weighted by Crippen LogP contribution is 2.32. The number of carbonyl (C=O) groups excluding carboxylic acids is 2. The summed E-state index contributed by atoms with van der Waals surface area (Å²) in [6, 6.07) is 3.39. The number of ketones is 2. The number of aliphatic imine (C=N–C) groups is 1. The summed E-state index contributed by atoms with van der Waals surface area (Å²) in [4.78, 5) is 27.1. The van der Waals surface area contributed by atoms with Crippen LogP contribution in [0.5, 0.6) is 0 Å². The fraction of sp³-hybridized carbons (Fsp3) is 0.389. The number of aryl methyl sites for hydroxylation is 1. The molecule has 1 atom stereocenters. The Balaban J connectivity index is 3.50. The van der Waals surface area contributed by atoms with E-state index in [1.54, 1.807) is 0 Å². The number of rotatable bonds is 6. The quantitative estimate of drug-likeness (QED) is 0.404. The van der Waals surface area contributed by atoms with Crippen molar-refractivity contribution in [1.82, 2.24) is 0 Å². The van der Waals surface area contributed by atoms with Gasteiger partial charge < -0.3 is 0 Å². The minimum Gasteiger partial charge on any atom is -0.291 e. The van der Waals surface area contributed by atoms with Gasteiger partial charge in [-0.2, -0.15) is 13.2 Å². The summed E-state index contributed by atoms with van der Waals surface area (Å²) >= 11 is 0. The van der Waals surface area contributed by atoms with E-state index in [1.165, 1.54) is 13.0 Å². The molecule has 0 N–H and O–H groups in total. The molecule has 8 heteroatoms. The number of Topliss-reactive ketones (excluding diaryl/α,β-unsaturated/α-hetero) is 2. The third-order valence-corrected chi connectivity index (χ3v) is 3.75. The second-order valence-electron chi connectivity index (χ2n) is 6.01. The molecule has 142 valence electrons. The summed E-state index contributed by atoms with van der Waals surface area (Å²) in [5.41, 5.74) is -1.68. The number of benzene rings is 1. The van der Waals surface area contributed by atoms with Gasteiger partial charge in [-0.05, 0) is 31.0 Å². The van der Waals surface area contributed by atoms with Crippen LogP contribution in [0.3, 0.4) is 0 Å². The lowest BCUT2D eigenvalue weighted by Gasteiger charge is -2.20. The highest BCUT2D eigenvalue weighted by atomic mass is 19.4. The lowest BCUT2D eigenvalue weighted by molar-refractivity contribution is -0.135. The van der Waals surface area contributed by atoms with Gasteiger partial charge in [0.05, 0.1) is 5.92 Å². The second-order valence-corrected chi connectivity index (χ2v) is 6.01. The molecule has 0 spiro atoms. The van der Waals surface area contributed by atoms with Crippen molar-refractivity contribution >= 4 is 17.3 Å². The summed E-state index contributed by atoms with van der Waals surface area (Å²) < 4.78 is 64.8. The smallest absolute Gasteiger partial charge is 0.291 e. The van der Waals surface area contributed by atoms with Crippen molar-refractivity contribution in [2.45, 2.75) is 45.7 Å². The summed E-state index contributed by atoms with van der Waals surface area (Å²) in [5, 5.41) is 0. The van der Waals surface area contributed by atoms with E-state index >= 15 is 0 Å². The van der Waals surface area contributed by atoms with Crippen LogP contribution in [-0.4, -0.2) is 23.5 Å². The Kier molecular flexibility index (Phi) is 6.22. The summed E-state index contributed by atoms with van der Waals surface area (Å²) in [5.74, 6) is -6.41. The van der Waals surface area contributed by atoms with Crippen molar-refractivity contribution in [1.29, 1.82) is 0 Å². The number of hydrogen-bond acceptors (Lipinski definition) is 3. The first-order valence-electron chi connectivity index (χ1n) is 7.51. The second kappa shape index (κ2) is 7.47. The monoisotopic (exact) mass is 375 g/mol. The van der Waals surface area contributed by atoms with Crippen LogP contribution in [0.1, 0.15) is 43.4 Å². The van der Waals surface area contributed by atoms with Gasteiger partial charge in [0.25, 0.3) is 5.92 Å². The van der Waals surface area contributed by atoms with Crippen molar-refractivity contribution in [3.05, 3.63) is 47.2 Å². The van der Waals surface area contributed by atoms with Crippen LogP contribution in [0, 0.1) is 6.92 Å². The lowest BCUT2D eigenvalue weighted by atomic mass is 9.85. The molecule has 3 nitrogen and oxygen atoms in total. The molecule has 1 rings (SSSR count). The number of allylic oxidation sites excluding steroid dienone is 1. The topological polar surface area (TPSA) is 46.5 Å². The fourth-order valence-electron chi connectivity index (χ4n) is 2.37. The van der Waals surface area contributed by atoms with E-state index in [0.717, 1.165) is 26.0 Å². The minimum atomic E-state index is -4.80. The highest BCUT2D eigenvalue weighted by Gasteiger charge is 2.35. The number of nitrogens with zero attached hydrogens (tertiary/aromatic N) is 1. The predicted molar refractivity (Wildman–Crippen MR) is 87.5 cm³/mol. The SMILES string of the molecule is C=C(N=C(C)C(C(=O)C(C)=O)c1ccc(C(C)(F)F)cc1C)C(F)(F)F. The lowest BCUT2D eigenvalue weighted by Crippen LogP contribution is -2.27. The molecule has 0 heterocycles. The molecule has 1 aromatic rings. The number of halogens is 5. The van der Waals surface area contributed by atoms with Gasteiger partial charge in [0.15, 0.2) is 5.78 Å². The molecule has 0 saturated carbocycles. The van der Waals surface area contributed by atoms with Gasteiger partial charge in [-0.25, -0.2) is 8.78 Å². The van der Waals surface area contributed by atoms with Crippen molar-refractivity contribution in [2.24, 2.45) is 4.99 Å². The summed E-state index contributed by atoms with van der Waals surface area (Å²) in [6.45, 7) is 7.06.